The van der Waals surface area contributed by atoms with Crippen LogP contribution in [0.2, 0.25) is 0 Å². The zero-order valence-corrected chi connectivity index (χ0v) is 9.58. The van der Waals surface area contributed by atoms with Gasteiger partial charge in [-0.05, 0) is 23.8 Å². The van der Waals surface area contributed by atoms with Crippen molar-refractivity contribution in [2.24, 2.45) is 0 Å². The zero-order chi connectivity index (χ0) is 11.8. The van der Waals surface area contributed by atoms with Crippen molar-refractivity contribution >= 4 is 28.7 Å². The molecule has 1 aliphatic heterocycles. The van der Waals surface area contributed by atoms with Crippen LogP contribution >= 0.6 is 11.3 Å². The van der Waals surface area contributed by atoms with Crippen LogP contribution in [0.25, 0.3) is 0 Å². The first-order chi connectivity index (χ1) is 8.24. The van der Waals surface area contributed by atoms with Gasteiger partial charge in [0.1, 0.15) is 5.69 Å². The number of hydrogen-bond acceptors (Lipinski definition) is 4. The molecule has 0 saturated heterocycles. The number of nitrogens with zero attached hydrogens (tertiary/aromatic N) is 1. The summed E-state index contributed by atoms with van der Waals surface area (Å²) in [6, 6.07) is 5.24. The van der Waals surface area contributed by atoms with Crippen molar-refractivity contribution in [1.82, 2.24) is 4.98 Å². The minimum Gasteiger partial charge on any atom is -0.326 e. The standard InChI is InChI=1S/C12H8N2O2S/c15-11-4-8-3-7(1-2-9(8)14-11)12(16)10-5-17-6-13-10/h1-3,5-6H,4H2,(H,14,15). The number of aromatic nitrogens is 1. The van der Waals surface area contributed by atoms with E-state index in [0.29, 0.717) is 17.7 Å². The molecular formula is C12H8N2O2S. The fourth-order valence-corrected chi connectivity index (χ4v) is 2.38. The van der Waals surface area contributed by atoms with E-state index in [0.717, 1.165) is 11.3 Å². The second kappa shape index (κ2) is 3.78. The Balaban J connectivity index is 1.98. The first-order valence-electron chi connectivity index (χ1n) is 5.10. The highest BCUT2D eigenvalue weighted by Crippen LogP contribution is 2.24. The molecule has 0 radical (unpaired) electrons. The fraction of sp³-hybridized carbons (Fsp3) is 0.0833. The van der Waals surface area contributed by atoms with E-state index in [9.17, 15) is 9.59 Å². The van der Waals surface area contributed by atoms with E-state index in [4.69, 9.17) is 0 Å². The van der Waals surface area contributed by atoms with Gasteiger partial charge in [0.15, 0.2) is 0 Å². The minimum atomic E-state index is -0.103. The number of carbonyl (C=O) groups is 2. The zero-order valence-electron chi connectivity index (χ0n) is 8.77. The Morgan fingerprint density at radius 3 is 3.06 bits per heavy atom. The SMILES string of the molecule is O=C1Cc2cc(C(=O)c3cscn3)ccc2N1. The van der Waals surface area contributed by atoms with E-state index in [1.165, 1.54) is 11.3 Å². The summed E-state index contributed by atoms with van der Waals surface area (Å²) in [6.45, 7) is 0. The molecule has 17 heavy (non-hydrogen) atoms. The van der Waals surface area contributed by atoms with Gasteiger partial charge in [-0.2, -0.15) is 0 Å². The first-order valence-corrected chi connectivity index (χ1v) is 6.04. The quantitative estimate of drug-likeness (QED) is 0.820. The lowest BCUT2D eigenvalue weighted by Crippen LogP contribution is -2.03. The van der Waals surface area contributed by atoms with Crippen LogP contribution in [0.1, 0.15) is 21.6 Å². The molecule has 1 N–H and O–H groups in total. The van der Waals surface area contributed by atoms with Gasteiger partial charge in [-0.3, -0.25) is 9.59 Å². The molecule has 1 amide bonds. The third kappa shape index (κ3) is 1.74. The van der Waals surface area contributed by atoms with Crippen molar-refractivity contribution in [3.63, 3.8) is 0 Å². The van der Waals surface area contributed by atoms with Crippen LogP contribution in [0.15, 0.2) is 29.1 Å². The molecule has 0 unspecified atom stereocenters. The number of carbonyl (C=O) groups excluding carboxylic acids is 2. The average molecular weight is 244 g/mol. The lowest BCUT2D eigenvalue weighted by atomic mass is 10.0. The number of fused-ring (bicyclic) bond motifs is 1. The van der Waals surface area contributed by atoms with Crippen molar-refractivity contribution in [3.05, 3.63) is 45.9 Å². The maximum absolute atomic E-state index is 12.0. The van der Waals surface area contributed by atoms with Crippen molar-refractivity contribution < 1.29 is 9.59 Å². The second-order valence-electron chi connectivity index (χ2n) is 3.80. The molecule has 0 bridgehead atoms. The van der Waals surface area contributed by atoms with E-state index in [1.807, 2.05) is 0 Å². The number of thiazole rings is 1. The summed E-state index contributed by atoms with van der Waals surface area (Å²) in [6.07, 6.45) is 0.341. The molecule has 1 aromatic carbocycles. The highest BCUT2D eigenvalue weighted by Gasteiger charge is 2.20. The van der Waals surface area contributed by atoms with Crippen LogP contribution in [-0.2, 0) is 11.2 Å². The molecule has 3 rings (SSSR count). The van der Waals surface area contributed by atoms with Crippen molar-refractivity contribution in [2.75, 3.05) is 5.32 Å². The minimum absolute atomic E-state index is 0.0294. The third-order valence-electron chi connectivity index (χ3n) is 2.66. The van der Waals surface area contributed by atoms with E-state index in [-0.39, 0.29) is 11.7 Å². The summed E-state index contributed by atoms with van der Waals surface area (Å²) in [4.78, 5) is 27.2. The van der Waals surface area contributed by atoms with Crippen molar-refractivity contribution in [3.8, 4) is 0 Å². The molecule has 2 aromatic rings. The van der Waals surface area contributed by atoms with Crippen LogP contribution in [0.4, 0.5) is 5.69 Å². The number of benzene rings is 1. The first kappa shape index (κ1) is 10.2. The molecule has 0 saturated carbocycles. The Morgan fingerprint density at radius 2 is 2.29 bits per heavy atom. The van der Waals surface area contributed by atoms with Crippen LogP contribution in [0, 0.1) is 0 Å². The molecule has 1 aromatic heterocycles. The molecule has 84 valence electrons. The lowest BCUT2D eigenvalue weighted by Gasteiger charge is -2.01. The van der Waals surface area contributed by atoms with Crippen molar-refractivity contribution in [1.29, 1.82) is 0 Å². The summed E-state index contributed by atoms with van der Waals surface area (Å²) >= 11 is 1.39. The Morgan fingerprint density at radius 1 is 1.41 bits per heavy atom. The number of anilines is 1. The Kier molecular flexibility index (Phi) is 2.26. The van der Waals surface area contributed by atoms with Gasteiger partial charge in [-0.1, -0.05) is 0 Å². The third-order valence-corrected chi connectivity index (χ3v) is 3.24. The van der Waals surface area contributed by atoms with E-state index in [1.54, 1.807) is 29.1 Å². The van der Waals surface area contributed by atoms with Gasteiger partial charge in [0.25, 0.3) is 0 Å². The normalized spacial score (nSPS) is 13.3. The van der Waals surface area contributed by atoms with E-state index in [2.05, 4.69) is 10.3 Å². The predicted molar refractivity (Wildman–Crippen MR) is 64.3 cm³/mol. The van der Waals surface area contributed by atoms with Crippen LogP contribution in [0.5, 0.6) is 0 Å². The molecular weight excluding hydrogens is 236 g/mol. The van der Waals surface area contributed by atoms with E-state index >= 15 is 0 Å². The molecule has 0 aliphatic carbocycles. The molecule has 0 atom stereocenters. The van der Waals surface area contributed by atoms with Gasteiger partial charge in [0, 0.05) is 16.6 Å². The summed E-state index contributed by atoms with van der Waals surface area (Å²) in [5.74, 6) is -0.133. The predicted octanol–water partition coefficient (Wildman–Crippen LogP) is 1.87. The highest BCUT2D eigenvalue weighted by molar-refractivity contribution is 7.07. The van der Waals surface area contributed by atoms with Gasteiger partial charge in [0.2, 0.25) is 11.7 Å². The maximum Gasteiger partial charge on any atom is 0.228 e. The number of nitrogens with one attached hydrogen (secondary N) is 1. The summed E-state index contributed by atoms with van der Waals surface area (Å²) in [5.41, 5.74) is 4.32. The van der Waals surface area contributed by atoms with Gasteiger partial charge in [-0.15, -0.1) is 11.3 Å². The van der Waals surface area contributed by atoms with Gasteiger partial charge in [-0.25, -0.2) is 4.98 Å². The number of rotatable bonds is 2. The summed E-state index contributed by atoms with van der Waals surface area (Å²) in [7, 11) is 0. The Bertz CT molecular complexity index is 605. The molecule has 1 aliphatic rings. The monoisotopic (exact) mass is 244 g/mol. The topological polar surface area (TPSA) is 59.1 Å². The molecule has 0 fully saturated rings. The summed E-state index contributed by atoms with van der Waals surface area (Å²) < 4.78 is 0. The lowest BCUT2D eigenvalue weighted by molar-refractivity contribution is -0.115. The Labute approximate surface area is 101 Å². The molecule has 5 heteroatoms. The average Bonchev–Trinajstić information content (AvgIpc) is 2.94. The largest absolute Gasteiger partial charge is 0.326 e. The molecule has 2 heterocycles. The van der Waals surface area contributed by atoms with Crippen molar-refractivity contribution in [2.45, 2.75) is 6.42 Å². The maximum atomic E-state index is 12.0. The van der Waals surface area contributed by atoms with Gasteiger partial charge in [0.05, 0.1) is 11.9 Å². The highest BCUT2D eigenvalue weighted by atomic mass is 32.1. The number of hydrogen-bond donors (Lipinski definition) is 1. The van der Waals surface area contributed by atoms with Gasteiger partial charge < -0.3 is 5.32 Å². The summed E-state index contributed by atoms with van der Waals surface area (Å²) in [5, 5.41) is 4.46. The number of ketones is 1. The molecule has 4 nitrogen and oxygen atoms in total. The van der Waals surface area contributed by atoms with E-state index < -0.39 is 0 Å². The second-order valence-corrected chi connectivity index (χ2v) is 4.52. The number of amides is 1. The smallest absolute Gasteiger partial charge is 0.228 e. The van der Waals surface area contributed by atoms with Crippen LogP contribution < -0.4 is 5.32 Å². The fourth-order valence-electron chi connectivity index (χ4n) is 1.84. The van der Waals surface area contributed by atoms with Crippen LogP contribution in [0.3, 0.4) is 0 Å². The molecule has 0 spiro atoms. The van der Waals surface area contributed by atoms with Gasteiger partial charge >= 0.3 is 0 Å². The Hall–Kier alpha value is -2.01. The van der Waals surface area contributed by atoms with Crippen LogP contribution in [-0.4, -0.2) is 16.7 Å².